The fraction of sp³-hybridized carbons (Fsp3) is 0.500. The van der Waals surface area contributed by atoms with E-state index in [1.165, 1.54) is 6.42 Å². The molecule has 0 aliphatic rings. The molecule has 0 rings (SSSR count). The molecule has 0 saturated heterocycles. The Hall–Kier alpha value is -1.04. The van der Waals surface area contributed by atoms with E-state index < -0.39 is 11.3 Å². The van der Waals surface area contributed by atoms with Gasteiger partial charge in [-0.15, -0.1) is 0 Å². The van der Waals surface area contributed by atoms with Crippen LogP contribution in [0, 0.1) is 23.2 Å². The summed E-state index contributed by atoms with van der Waals surface area (Å²) in [6.45, 7) is 3.19. The molecule has 0 bridgehead atoms. The quantitative estimate of drug-likeness (QED) is 0.573. The van der Waals surface area contributed by atoms with Crippen LogP contribution in [0.15, 0.2) is 0 Å². The summed E-state index contributed by atoms with van der Waals surface area (Å²) in [5, 5.41) is 8.14. The van der Waals surface area contributed by atoms with Gasteiger partial charge in [0.2, 0.25) is 5.91 Å². The van der Waals surface area contributed by atoms with Gasteiger partial charge in [0.05, 0.1) is 17.9 Å². The zero-order valence-corrected chi connectivity index (χ0v) is 5.51. The lowest BCUT2D eigenvalue weighted by Gasteiger charge is -2.13. The third-order valence-corrected chi connectivity index (χ3v) is 1.06. The second-order valence-corrected chi connectivity index (χ2v) is 2.36. The predicted molar refractivity (Wildman–Crippen MR) is 32.9 cm³/mol. The molecular weight excluding hydrogens is 116 g/mol. The van der Waals surface area contributed by atoms with Gasteiger partial charge in [0.25, 0.3) is 0 Å². The zero-order chi connectivity index (χ0) is 7.49. The molecule has 0 aromatic heterocycles. The van der Waals surface area contributed by atoms with Crippen LogP contribution in [0.4, 0.5) is 0 Å². The lowest BCUT2D eigenvalue weighted by Crippen LogP contribution is -2.31. The van der Waals surface area contributed by atoms with Crippen LogP contribution in [-0.2, 0) is 4.79 Å². The molecule has 0 atom stereocenters. The van der Waals surface area contributed by atoms with E-state index in [1.54, 1.807) is 19.9 Å². The van der Waals surface area contributed by atoms with Crippen molar-refractivity contribution in [2.45, 2.75) is 13.8 Å². The Morgan fingerprint density at radius 2 is 2.22 bits per heavy atom. The minimum absolute atomic E-state index is 0.482. The van der Waals surface area contributed by atoms with Crippen molar-refractivity contribution in [2.24, 2.45) is 11.1 Å². The predicted octanol–water partition coefficient (Wildman–Crippen LogP) is 0.226. The van der Waals surface area contributed by atoms with Gasteiger partial charge in [0.1, 0.15) is 0 Å². The Labute approximate surface area is 54.5 Å². The summed E-state index contributed by atoms with van der Waals surface area (Å²) in [7, 11) is 0. The first-order valence-electron chi connectivity index (χ1n) is 2.54. The second-order valence-electron chi connectivity index (χ2n) is 2.36. The molecule has 9 heavy (non-hydrogen) atoms. The molecule has 3 nitrogen and oxygen atoms in total. The fourth-order valence-electron chi connectivity index (χ4n) is 0.233. The number of rotatable bonds is 2. The third-order valence-electron chi connectivity index (χ3n) is 1.06. The second kappa shape index (κ2) is 2.49. The van der Waals surface area contributed by atoms with Gasteiger partial charge in [-0.2, -0.15) is 5.26 Å². The molecule has 2 N–H and O–H groups in total. The molecule has 1 amide bonds. The number of primary amides is 1. The average molecular weight is 125 g/mol. The molecule has 3 heteroatoms. The van der Waals surface area contributed by atoms with Gasteiger partial charge < -0.3 is 5.73 Å². The van der Waals surface area contributed by atoms with E-state index in [9.17, 15) is 4.79 Å². The Kier molecular flexibility index (Phi) is 2.20. The van der Waals surface area contributed by atoms with Gasteiger partial charge in [0.15, 0.2) is 0 Å². The summed E-state index contributed by atoms with van der Waals surface area (Å²) in [6.07, 6.45) is 1.22. The normalized spacial score (nSPS) is 10.3. The highest BCUT2D eigenvalue weighted by molar-refractivity contribution is 5.81. The summed E-state index contributed by atoms with van der Waals surface area (Å²) in [5.41, 5.74) is 4.14. The van der Waals surface area contributed by atoms with E-state index in [4.69, 9.17) is 11.0 Å². The van der Waals surface area contributed by atoms with Crippen molar-refractivity contribution in [3.8, 4) is 6.07 Å². The molecule has 0 aliphatic carbocycles. The first-order chi connectivity index (χ1) is 4.00. The Morgan fingerprint density at radius 3 is 2.33 bits per heavy atom. The van der Waals surface area contributed by atoms with Gasteiger partial charge in [-0.3, -0.25) is 4.79 Å². The van der Waals surface area contributed by atoms with Crippen molar-refractivity contribution >= 4 is 5.91 Å². The van der Waals surface area contributed by atoms with Gasteiger partial charge in [0, 0.05) is 0 Å². The largest absolute Gasteiger partial charge is 0.369 e. The van der Waals surface area contributed by atoms with Crippen molar-refractivity contribution in [1.29, 1.82) is 5.26 Å². The fourth-order valence-corrected chi connectivity index (χ4v) is 0.233. The molecule has 0 heterocycles. The highest BCUT2D eigenvalue weighted by Crippen LogP contribution is 2.16. The summed E-state index contributed by atoms with van der Waals surface area (Å²) in [4.78, 5) is 10.5. The van der Waals surface area contributed by atoms with Crippen molar-refractivity contribution in [1.82, 2.24) is 0 Å². The van der Waals surface area contributed by atoms with Crippen LogP contribution in [-0.4, -0.2) is 5.91 Å². The standard InChI is InChI=1S/C6H9N2O/c1-6(2,3-4-7)5(8)9/h3H,1-2H3,(H2,8,9). The summed E-state index contributed by atoms with van der Waals surface area (Å²) in [5.74, 6) is -0.482. The van der Waals surface area contributed by atoms with E-state index in [2.05, 4.69) is 0 Å². The molecule has 1 radical (unpaired) electrons. The number of carbonyl (C=O) groups is 1. The Bertz CT molecular complexity index is 155. The van der Waals surface area contributed by atoms with Gasteiger partial charge >= 0.3 is 0 Å². The first-order valence-corrected chi connectivity index (χ1v) is 2.54. The Morgan fingerprint density at radius 1 is 1.78 bits per heavy atom. The number of nitrogens with zero attached hydrogens (tertiary/aromatic N) is 1. The van der Waals surface area contributed by atoms with Gasteiger partial charge in [-0.25, -0.2) is 0 Å². The summed E-state index contributed by atoms with van der Waals surface area (Å²) >= 11 is 0. The molecule has 49 valence electrons. The molecule has 0 saturated carbocycles. The Balaban J connectivity index is 4.06. The number of carbonyl (C=O) groups excluding carboxylic acids is 1. The van der Waals surface area contributed by atoms with Crippen LogP contribution in [0.2, 0.25) is 0 Å². The lowest BCUT2D eigenvalue weighted by molar-refractivity contribution is -0.124. The number of amides is 1. The lowest BCUT2D eigenvalue weighted by atomic mass is 9.89. The van der Waals surface area contributed by atoms with Crippen molar-refractivity contribution in [3.63, 3.8) is 0 Å². The number of hydrogen-bond acceptors (Lipinski definition) is 2. The third kappa shape index (κ3) is 2.13. The maximum atomic E-state index is 10.5. The smallest absolute Gasteiger partial charge is 0.224 e. The summed E-state index contributed by atoms with van der Waals surface area (Å²) in [6, 6.07) is 1.76. The maximum absolute atomic E-state index is 10.5. The van der Waals surface area contributed by atoms with Crippen LogP contribution >= 0.6 is 0 Å². The number of nitriles is 1. The monoisotopic (exact) mass is 125 g/mol. The molecule has 0 aliphatic heterocycles. The highest BCUT2D eigenvalue weighted by Gasteiger charge is 2.24. The van der Waals surface area contributed by atoms with Crippen molar-refractivity contribution in [2.75, 3.05) is 0 Å². The number of nitrogens with two attached hydrogens (primary N) is 1. The van der Waals surface area contributed by atoms with Crippen molar-refractivity contribution in [3.05, 3.63) is 6.42 Å². The van der Waals surface area contributed by atoms with E-state index in [0.29, 0.717) is 0 Å². The van der Waals surface area contributed by atoms with Crippen LogP contribution in [0.3, 0.4) is 0 Å². The average Bonchev–Trinajstić information content (AvgIpc) is 1.65. The molecular formula is C6H9N2O. The molecule has 0 unspecified atom stereocenters. The minimum atomic E-state index is -0.797. The highest BCUT2D eigenvalue weighted by atomic mass is 16.1. The molecule has 0 aromatic carbocycles. The van der Waals surface area contributed by atoms with Crippen LogP contribution in [0.25, 0.3) is 0 Å². The molecule has 0 spiro atoms. The van der Waals surface area contributed by atoms with E-state index in [1.807, 2.05) is 0 Å². The van der Waals surface area contributed by atoms with Gasteiger partial charge in [-0.1, -0.05) is 0 Å². The van der Waals surface area contributed by atoms with Crippen LogP contribution < -0.4 is 5.73 Å². The van der Waals surface area contributed by atoms with E-state index in [0.717, 1.165) is 0 Å². The van der Waals surface area contributed by atoms with Crippen LogP contribution in [0.5, 0.6) is 0 Å². The maximum Gasteiger partial charge on any atom is 0.224 e. The van der Waals surface area contributed by atoms with E-state index in [-0.39, 0.29) is 0 Å². The zero-order valence-electron chi connectivity index (χ0n) is 5.51. The van der Waals surface area contributed by atoms with E-state index >= 15 is 0 Å². The van der Waals surface area contributed by atoms with Crippen molar-refractivity contribution < 1.29 is 4.79 Å². The first kappa shape index (κ1) is 7.96. The minimum Gasteiger partial charge on any atom is -0.369 e. The van der Waals surface area contributed by atoms with Gasteiger partial charge in [-0.05, 0) is 13.8 Å². The topological polar surface area (TPSA) is 66.9 Å². The summed E-state index contributed by atoms with van der Waals surface area (Å²) < 4.78 is 0. The number of hydrogen-bond donors (Lipinski definition) is 1. The molecule has 0 fully saturated rings. The SMILES string of the molecule is CC(C)([CH]C#N)C(N)=O. The molecule has 0 aromatic rings. The van der Waals surface area contributed by atoms with Crippen LogP contribution in [0.1, 0.15) is 13.8 Å².